The molecule has 2 aromatic rings. The fourth-order valence-electron chi connectivity index (χ4n) is 2.56. The Kier molecular flexibility index (Phi) is 1.93. The summed E-state index contributed by atoms with van der Waals surface area (Å²) in [6.07, 6.45) is 4.20. The summed E-state index contributed by atoms with van der Waals surface area (Å²) >= 11 is 0. The molecule has 0 spiro atoms. The van der Waals surface area contributed by atoms with Gasteiger partial charge >= 0.3 is 0 Å². The average molecular weight is 216 g/mol. The Morgan fingerprint density at radius 3 is 2.88 bits per heavy atom. The summed E-state index contributed by atoms with van der Waals surface area (Å²) in [5, 5.41) is 0. The van der Waals surface area contributed by atoms with Crippen LogP contribution in [0, 0.1) is 12.8 Å². The minimum Gasteiger partial charge on any atom is -0.369 e. The van der Waals surface area contributed by atoms with Crippen molar-refractivity contribution in [2.75, 3.05) is 5.73 Å². The maximum atomic E-state index is 5.99. The Morgan fingerprint density at radius 1 is 1.44 bits per heavy atom. The standard InChI is InChI=1S/C12H16N4/c1-7-5-9(6-7)16-11-10(15-12(16)13)8(2)3-4-14-11/h3-4,7,9H,5-6H2,1-2H3,(H2,13,15). The third-order valence-corrected chi connectivity index (χ3v) is 3.52. The van der Waals surface area contributed by atoms with E-state index >= 15 is 0 Å². The van der Waals surface area contributed by atoms with E-state index in [1.807, 2.05) is 19.2 Å². The lowest BCUT2D eigenvalue weighted by Crippen LogP contribution is -2.25. The van der Waals surface area contributed by atoms with Crippen LogP contribution in [-0.4, -0.2) is 14.5 Å². The van der Waals surface area contributed by atoms with Crippen LogP contribution in [0.1, 0.15) is 31.4 Å². The first-order valence-corrected chi connectivity index (χ1v) is 5.76. The van der Waals surface area contributed by atoms with Crippen molar-refractivity contribution < 1.29 is 0 Å². The molecule has 1 aliphatic carbocycles. The first-order chi connectivity index (χ1) is 7.66. The SMILES string of the molecule is Cc1ccnc2c1nc(N)n2C1CC(C)C1. The molecule has 4 nitrogen and oxygen atoms in total. The van der Waals surface area contributed by atoms with E-state index in [-0.39, 0.29) is 0 Å². The van der Waals surface area contributed by atoms with Crippen LogP contribution in [-0.2, 0) is 0 Å². The van der Waals surface area contributed by atoms with Crippen LogP contribution in [0.15, 0.2) is 12.3 Å². The highest BCUT2D eigenvalue weighted by Gasteiger charge is 2.30. The Bertz CT molecular complexity index is 537. The Labute approximate surface area is 94.5 Å². The lowest BCUT2D eigenvalue weighted by Gasteiger charge is -2.34. The number of anilines is 1. The van der Waals surface area contributed by atoms with Crippen LogP contribution in [0.25, 0.3) is 11.2 Å². The summed E-state index contributed by atoms with van der Waals surface area (Å²) < 4.78 is 2.10. The van der Waals surface area contributed by atoms with Crippen LogP contribution in [0.2, 0.25) is 0 Å². The second-order valence-electron chi connectivity index (χ2n) is 4.87. The predicted octanol–water partition coefficient (Wildman–Crippen LogP) is 2.29. The molecule has 0 amide bonds. The number of imidazole rings is 1. The molecule has 0 radical (unpaired) electrons. The van der Waals surface area contributed by atoms with Crippen molar-refractivity contribution in [1.82, 2.24) is 14.5 Å². The van der Waals surface area contributed by atoms with Gasteiger partial charge in [-0.2, -0.15) is 0 Å². The second kappa shape index (κ2) is 3.20. The van der Waals surface area contributed by atoms with Gasteiger partial charge < -0.3 is 5.73 Å². The van der Waals surface area contributed by atoms with Crippen LogP contribution in [0.3, 0.4) is 0 Å². The zero-order valence-electron chi connectivity index (χ0n) is 9.64. The van der Waals surface area contributed by atoms with E-state index in [4.69, 9.17) is 5.73 Å². The molecule has 4 heteroatoms. The number of hydrogen-bond acceptors (Lipinski definition) is 3. The normalized spacial score (nSPS) is 24.6. The highest BCUT2D eigenvalue weighted by Crippen LogP contribution is 2.40. The quantitative estimate of drug-likeness (QED) is 0.795. The van der Waals surface area contributed by atoms with Crippen LogP contribution >= 0.6 is 0 Å². The van der Waals surface area contributed by atoms with Crippen molar-refractivity contribution in [2.24, 2.45) is 5.92 Å². The number of nitrogens with zero attached hydrogens (tertiary/aromatic N) is 3. The number of pyridine rings is 1. The van der Waals surface area contributed by atoms with E-state index in [0.29, 0.717) is 12.0 Å². The molecule has 16 heavy (non-hydrogen) atoms. The molecule has 0 saturated heterocycles. The molecule has 1 saturated carbocycles. The second-order valence-corrected chi connectivity index (χ2v) is 4.87. The summed E-state index contributed by atoms with van der Waals surface area (Å²) in [6, 6.07) is 2.47. The minimum absolute atomic E-state index is 0.495. The van der Waals surface area contributed by atoms with Gasteiger partial charge in [-0.1, -0.05) is 6.92 Å². The van der Waals surface area contributed by atoms with Gasteiger partial charge in [0.15, 0.2) is 5.65 Å². The molecule has 2 heterocycles. The van der Waals surface area contributed by atoms with Gasteiger partial charge in [0.1, 0.15) is 5.52 Å². The smallest absolute Gasteiger partial charge is 0.202 e. The monoisotopic (exact) mass is 216 g/mol. The largest absolute Gasteiger partial charge is 0.369 e. The number of nitrogen functional groups attached to an aromatic ring is 1. The first kappa shape index (κ1) is 9.63. The van der Waals surface area contributed by atoms with E-state index in [0.717, 1.165) is 22.6 Å². The molecular formula is C12H16N4. The van der Waals surface area contributed by atoms with Crippen molar-refractivity contribution >= 4 is 17.1 Å². The average Bonchev–Trinajstić information content (AvgIpc) is 2.52. The number of rotatable bonds is 1. The number of nitrogens with two attached hydrogens (primary N) is 1. The summed E-state index contributed by atoms with van der Waals surface area (Å²) in [6.45, 7) is 4.31. The molecule has 0 atom stereocenters. The maximum absolute atomic E-state index is 5.99. The van der Waals surface area contributed by atoms with Gasteiger partial charge in [0, 0.05) is 12.2 Å². The van der Waals surface area contributed by atoms with Gasteiger partial charge in [-0.25, -0.2) is 9.97 Å². The highest BCUT2D eigenvalue weighted by atomic mass is 15.2. The van der Waals surface area contributed by atoms with Crippen molar-refractivity contribution in [3.63, 3.8) is 0 Å². The predicted molar refractivity (Wildman–Crippen MR) is 64.1 cm³/mol. The molecule has 0 unspecified atom stereocenters. The summed E-state index contributed by atoms with van der Waals surface area (Å²) in [4.78, 5) is 8.83. The van der Waals surface area contributed by atoms with Gasteiger partial charge in [0.2, 0.25) is 5.95 Å². The van der Waals surface area contributed by atoms with Crippen molar-refractivity contribution in [2.45, 2.75) is 32.7 Å². The number of aryl methyl sites for hydroxylation is 1. The molecule has 1 aliphatic rings. The van der Waals surface area contributed by atoms with Gasteiger partial charge in [0.25, 0.3) is 0 Å². The van der Waals surface area contributed by atoms with E-state index in [9.17, 15) is 0 Å². The lowest BCUT2D eigenvalue weighted by molar-refractivity contribution is 0.222. The van der Waals surface area contributed by atoms with Crippen LogP contribution in [0.5, 0.6) is 0 Å². The Hall–Kier alpha value is -1.58. The molecular weight excluding hydrogens is 200 g/mol. The highest BCUT2D eigenvalue weighted by molar-refractivity contribution is 5.77. The van der Waals surface area contributed by atoms with Crippen molar-refractivity contribution in [1.29, 1.82) is 0 Å². The van der Waals surface area contributed by atoms with E-state index < -0.39 is 0 Å². The third kappa shape index (κ3) is 1.22. The van der Waals surface area contributed by atoms with Crippen LogP contribution in [0.4, 0.5) is 5.95 Å². The minimum atomic E-state index is 0.495. The third-order valence-electron chi connectivity index (χ3n) is 3.52. The van der Waals surface area contributed by atoms with E-state index in [1.165, 1.54) is 12.8 Å². The first-order valence-electron chi connectivity index (χ1n) is 5.76. The molecule has 0 aliphatic heterocycles. The fourth-order valence-corrected chi connectivity index (χ4v) is 2.56. The molecule has 0 bridgehead atoms. The zero-order valence-corrected chi connectivity index (χ0v) is 9.64. The summed E-state index contributed by atoms with van der Waals surface area (Å²) in [5.74, 6) is 1.40. The lowest BCUT2D eigenvalue weighted by atomic mass is 9.82. The molecule has 84 valence electrons. The molecule has 3 rings (SSSR count). The van der Waals surface area contributed by atoms with E-state index in [1.54, 1.807) is 0 Å². The molecule has 2 aromatic heterocycles. The molecule has 0 aromatic carbocycles. The zero-order chi connectivity index (χ0) is 11.3. The summed E-state index contributed by atoms with van der Waals surface area (Å²) in [5.41, 5.74) is 9.01. The Balaban J connectivity index is 2.16. The van der Waals surface area contributed by atoms with E-state index in [2.05, 4.69) is 21.5 Å². The number of hydrogen-bond donors (Lipinski definition) is 1. The van der Waals surface area contributed by atoms with Crippen molar-refractivity contribution in [3.8, 4) is 0 Å². The summed E-state index contributed by atoms with van der Waals surface area (Å²) in [7, 11) is 0. The molecule has 2 N–H and O–H groups in total. The Morgan fingerprint density at radius 2 is 2.19 bits per heavy atom. The fraction of sp³-hybridized carbons (Fsp3) is 0.500. The van der Waals surface area contributed by atoms with Gasteiger partial charge in [-0.05, 0) is 37.3 Å². The van der Waals surface area contributed by atoms with Gasteiger partial charge in [-0.3, -0.25) is 4.57 Å². The maximum Gasteiger partial charge on any atom is 0.202 e. The number of fused-ring (bicyclic) bond motifs is 1. The number of aromatic nitrogens is 3. The van der Waals surface area contributed by atoms with Crippen LogP contribution < -0.4 is 5.73 Å². The van der Waals surface area contributed by atoms with Gasteiger partial charge in [-0.15, -0.1) is 0 Å². The topological polar surface area (TPSA) is 56.7 Å². The van der Waals surface area contributed by atoms with Crippen molar-refractivity contribution in [3.05, 3.63) is 17.8 Å². The molecule has 1 fully saturated rings. The van der Waals surface area contributed by atoms with Gasteiger partial charge in [0.05, 0.1) is 0 Å².